The van der Waals surface area contributed by atoms with Crippen LogP contribution in [0, 0.1) is 0 Å². The predicted octanol–water partition coefficient (Wildman–Crippen LogP) is 4.25. The summed E-state index contributed by atoms with van der Waals surface area (Å²) in [4.78, 5) is 5.68. The molecule has 1 N–H and O–H groups in total. The molecule has 0 aliphatic carbocycles. The van der Waals surface area contributed by atoms with Gasteiger partial charge in [-0.15, -0.1) is 0 Å². The van der Waals surface area contributed by atoms with E-state index in [1.54, 1.807) is 0 Å². The van der Waals surface area contributed by atoms with Crippen molar-refractivity contribution in [2.24, 2.45) is 0 Å². The largest absolute Gasteiger partial charge is 0.374 e. The summed E-state index contributed by atoms with van der Waals surface area (Å²) in [5, 5.41) is 1.31. The molecule has 1 aliphatic rings. The van der Waals surface area contributed by atoms with E-state index in [1.807, 2.05) is 0 Å². The van der Waals surface area contributed by atoms with Crippen LogP contribution < -0.4 is 0 Å². The van der Waals surface area contributed by atoms with Crippen LogP contribution in [-0.4, -0.2) is 23.0 Å². The molecule has 0 saturated carbocycles. The first-order valence-corrected chi connectivity index (χ1v) is 7.41. The van der Waals surface area contributed by atoms with Crippen molar-refractivity contribution < 1.29 is 0 Å². The number of nitrogens with one attached hydrogen (secondary N) is 1. The molecule has 3 rings (SSSR count). The van der Waals surface area contributed by atoms with Crippen molar-refractivity contribution in [1.29, 1.82) is 0 Å². The van der Waals surface area contributed by atoms with Crippen LogP contribution in [0.2, 0.25) is 0 Å². The molecule has 98 valence electrons. The van der Waals surface area contributed by atoms with Crippen LogP contribution in [0.3, 0.4) is 0 Å². The number of fused-ring (bicyclic) bond motifs is 1. The molecular weight excluding hydrogens is 300 g/mol. The minimum atomic E-state index is 1.01. The van der Waals surface area contributed by atoms with Gasteiger partial charge in [0.25, 0.3) is 0 Å². The Labute approximate surface area is 121 Å². The molecule has 0 amide bonds. The number of rotatable bonds is 3. The Morgan fingerprint density at radius 3 is 3.11 bits per heavy atom. The quantitative estimate of drug-likeness (QED) is 0.897. The summed E-state index contributed by atoms with van der Waals surface area (Å²) in [6.45, 7) is 4.29. The van der Waals surface area contributed by atoms with E-state index in [4.69, 9.17) is 0 Å². The molecule has 2 nitrogen and oxygen atoms in total. The Morgan fingerprint density at radius 2 is 2.26 bits per heavy atom. The van der Waals surface area contributed by atoms with E-state index >= 15 is 0 Å². The van der Waals surface area contributed by atoms with Crippen molar-refractivity contribution in [3.05, 3.63) is 58.4 Å². The molecule has 0 saturated heterocycles. The normalized spacial score (nSPS) is 15.1. The number of benzene rings is 1. The molecule has 0 fully saturated rings. The van der Waals surface area contributed by atoms with Crippen molar-refractivity contribution in [3.8, 4) is 0 Å². The Balaban J connectivity index is 1.88. The van der Waals surface area contributed by atoms with E-state index in [1.165, 1.54) is 22.0 Å². The van der Waals surface area contributed by atoms with Gasteiger partial charge in [-0.25, -0.2) is 0 Å². The van der Waals surface area contributed by atoms with Crippen LogP contribution in [-0.2, 0) is 6.42 Å². The maximum Gasteiger partial charge on any atom is 0.0457 e. The maximum atomic E-state index is 3.55. The highest BCUT2D eigenvalue weighted by Gasteiger charge is 2.10. The molecule has 1 aromatic carbocycles. The maximum absolute atomic E-state index is 3.55. The second kappa shape index (κ2) is 5.25. The van der Waals surface area contributed by atoms with E-state index < -0.39 is 0 Å². The van der Waals surface area contributed by atoms with Crippen molar-refractivity contribution >= 4 is 26.8 Å². The number of nitrogens with zero attached hydrogens (tertiary/aromatic N) is 1. The van der Waals surface area contributed by atoms with Gasteiger partial charge >= 0.3 is 0 Å². The molecule has 0 bridgehead atoms. The summed E-state index contributed by atoms with van der Waals surface area (Å²) in [7, 11) is 0. The van der Waals surface area contributed by atoms with Crippen molar-refractivity contribution in [3.63, 3.8) is 0 Å². The fourth-order valence-corrected chi connectivity index (χ4v) is 2.90. The SMILES string of the molecule is CCN1C=CC=C(Cc2c[nH]c3ccc(Br)cc23)C1. The fourth-order valence-electron chi connectivity index (χ4n) is 2.54. The first-order valence-electron chi connectivity index (χ1n) is 6.62. The van der Waals surface area contributed by atoms with Crippen LogP contribution in [0.25, 0.3) is 10.9 Å². The molecular formula is C16H17BrN2. The molecule has 0 radical (unpaired) electrons. The number of aromatic nitrogens is 1. The topological polar surface area (TPSA) is 19.0 Å². The van der Waals surface area contributed by atoms with Gasteiger partial charge in [0.05, 0.1) is 0 Å². The third kappa shape index (κ3) is 2.61. The smallest absolute Gasteiger partial charge is 0.0457 e. The molecule has 1 aromatic heterocycles. The predicted molar refractivity (Wildman–Crippen MR) is 84.2 cm³/mol. The van der Waals surface area contributed by atoms with E-state index in [0.717, 1.165) is 24.0 Å². The standard InChI is InChI=1S/C16H17BrN2/c1-2-19-7-3-4-12(11-19)8-13-10-18-16-6-5-14(17)9-15(13)16/h3-7,9-10,18H,2,8,11H2,1H3. The lowest BCUT2D eigenvalue weighted by molar-refractivity contribution is 0.421. The van der Waals surface area contributed by atoms with Gasteiger partial charge in [-0.1, -0.05) is 22.0 Å². The number of allylic oxidation sites excluding steroid dienone is 2. The number of hydrogen-bond acceptors (Lipinski definition) is 1. The number of halogens is 1. The molecule has 19 heavy (non-hydrogen) atoms. The van der Waals surface area contributed by atoms with Crippen LogP contribution in [0.15, 0.2) is 52.8 Å². The molecule has 2 aromatic rings. The average molecular weight is 317 g/mol. The molecule has 0 unspecified atom stereocenters. The lowest BCUT2D eigenvalue weighted by atomic mass is 10.0. The number of likely N-dealkylation sites (N-methyl/N-ethyl adjacent to an activating group) is 1. The first-order chi connectivity index (χ1) is 9.26. The molecule has 1 aliphatic heterocycles. The van der Waals surface area contributed by atoms with Gasteiger partial charge in [0.1, 0.15) is 0 Å². The number of aromatic amines is 1. The number of H-pyrrole nitrogens is 1. The van der Waals surface area contributed by atoms with Gasteiger partial charge < -0.3 is 9.88 Å². The Bertz CT molecular complexity index is 652. The highest BCUT2D eigenvalue weighted by Crippen LogP contribution is 2.25. The fraction of sp³-hybridized carbons (Fsp3) is 0.250. The van der Waals surface area contributed by atoms with Crippen LogP contribution in [0.5, 0.6) is 0 Å². The Kier molecular flexibility index (Phi) is 3.47. The minimum absolute atomic E-state index is 1.01. The summed E-state index contributed by atoms with van der Waals surface area (Å²) < 4.78 is 1.13. The molecule has 3 heteroatoms. The van der Waals surface area contributed by atoms with E-state index in [2.05, 4.69) is 75.5 Å². The zero-order chi connectivity index (χ0) is 13.2. The summed E-state index contributed by atoms with van der Waals surface area (Å²) in [6, 6.07) is 6.39. The zero-order valence-electron chi connectivity index (χ0n) is 11.0. The Hall–Kier alpha value is -1.48. The summed E-state index contributed by atoms with van der Waals surface area (Å²) in [5.74, 6) is 0. The second-order valence-electron chi connectivity index (χ2n) is 4.91. The summed E-state index contributed by atoms with van der Waals surface area (Å²) in [6.07, 6.45) is 9.69. The zero-order valence-corrected chi connectivity index (χ0v) is 12.6. The highest BCUT2D eigenvalue weighted by molar-refractivity contribution is 9.10. The summed E-state index contributed by atoms with van der Waals surface area (Å²) in [5.41, 5.74) is 4.04. The highest BCUT2D eigenvalue weighted by atomic mass is 79.9. The van der Waals surface area contributed by atoms with Gasteiger partial charge in [-0.3, -0.25) is 0 Å². The van der Waals surface area contributed by atoms with E-state index in [9.17, 15) is 0 Å². The first kappa shape index (κ1) is 12.5. The monoisotopic (exact) mass is 316 g/mol. The second-order valence-corrected chi connectivity index (χ2v) is 5.83. The van der Waals surface area contributed by atoms with Crippen molar-refractivity contribution in [2.75, 3.05) is 13.1 Å². The van der Waals surface area contributed by atoms with Gasteiger partial charge in [0.15, 0.2) is 0 Å². The number of hydrogen-bond donors (Lipinski definition) is 1. The van der Waals surface area contributed by atoms with Gasteiger partial charge in [-0.05, 0) is 55.0 Å². The molecule has 2 heterocycles. The third-order valence-electron chi connectivity index (χ3n) is 3.59. The van der Waals surface area contributed by atoms with Crippen LogP contribution in [0.4, 0.5) is 0 Å². The van der Waals surface area contributed by atoms with Crippen molar-refractivity contribution in [2.45, 2.75) is 13.3 Å². The third-order valence-corrected chi connectivity index (χ3v) is 4.08. The van der Waals surface area contributed by atoms with Gasteiger partial charge in [0.2, 0.25) is 0 Å². The van der Waals surface area contributed by atoms with Gasteiger partial charge in [-0.2, -0.15) is 0 Å². The lowest BCUT2D eigenvalue weighted by Gasteiger charge is -2.23. The molecule has 0 spiro atoms. The van der Waals surface area contributed by atoms with E-state index in [-0.39, 0.29) is 0 Å². The van der Waals surface area contributed by atoms with Crippen LogP contribution in [0.1, 0.15) is 12.5 Å². The van der Waals surface area contributed by atoms with Crippen LogP contribution >= 0.6 is 15.9 Å². The summed E-state index contributed by atoms with van der Waals surface area (Å²) >= 11 is 3.55. The van der Waals surface area contributed by atoms with E-state index in [0.29, 0.717) is 0 Å². The minimum Gasteiger partial charge on any atom is -0.374 e. The lowest BCUT2D eigenvalue weighted by Crippen LogP contribution is -2.22. The average Bonchev–Trinajstić information content (AvgIpc) is 2.81. The van der Waals surface area contributed by atoms with Gasteiger partial charge in [0, 0.05) is 34.7 Å². The Morgan fingerprint density at radius 1 is 1.37 bits per heavy atom. The molecule has 0 atom stereocenters. The van der Waals surface area contributed by atoms with Crippen molar-refractivity contribution in [1.82, 2.24) is 9.88 Å².